The maximum Gasteiger partial charge on any atom is 0.332 e. The van der Waals surface area contributed by atoms with Crippen LogP contribution < -0.4 is 10.2 Å². The first kappa shape index (κ1) is 21.6. The van der Waals surface area contributed by atoms with Crippen LogP contribution in [0.15, 0.2) is 48.5 Å². The Hall–Kier alpha value is -2.67. The van der Waals surface area contributed by atoms with Crippen LogP contribution in [0.25, 0.3) is 0 Å². The smallest absolute Gasteiger partial charge is 0.325 e. The zero-order valence-electron chi connectivity index (χ0n) is 17.7. The van der Waals surface area contributed by atoms with Crippen molar-refractivity contribution in [1.82, 2.24) is 4.90 Å². The van der Waals surface area contributed by atoms with Crippen molar-refractivity contribution in [2.45, 2.75) is 44.0 Å². The van der Waals surface area contributed by atoms with Gasteiger partial charge in [-0.3, -0.25) is 9.59 Å². The first-order valence-corrected chi connectivity index (χ1v) is 11.5. The third kappa shape index (κ3) is 4.37. The molecule has 1 N–H and O–H groups in total. The van der Waals surface area contributed by atoms with E-state index in [1.54, 1.807) is 29.2 Å². The van der Waals surface area contributed by atoms with E-state index in [0.717, 1.165) is 17.5 Å². The second kappa shape index (κ2) is 8.83. The number of alkyl halides is 1. The predicted octanol–water partition coefficient (Wildman–Crippen LogP) is 4.64. The number of aryl methyl sites for hydroxylation is 2. The summed E-state index contributed by atoms with van der Waals surface area (Å²) >= 11 is 3.64. The molecule has 1 saturated carbocycles. The van der Waals surface area contributed by atoms with Crippen LogP contribution in [-0.4, -0.2) is 40.2 Å². The average Bonchev–Trinajstić information content (AvgIpc) is 2.75. The molecular formula is C24H26BrN3O3. The summed E-state index contributed by atoms with van der Waals surface area (Å²) in [4.78, 5) is 42.6. The number of hydrogen-bond acceptors (Lipinski definition) is 3. The molecule has 1 aliphatic heterocycles. The molecule has 6 nitrogen and oxygen atoms in total. The minimum atomic E-state index is -0.430. The largest absolute Gasteiger partial charge is 0.332 e. The molecule has 4 amide bonds. The van der Waals surface area contributed by atoms with Gasteiger partial charge in [0.25, 0.3) is 0 Å². The molecule has 0 spiro atoms. The molecule has 0 bridgehead atoms. The standard InChI is InChI=1S/C24H26BrN3O3/c1-15-8-10-18(12-16(15)2)26-22(29)14-27-21-11-9-17(25)13-20(21)23(30)28(24(27)31)19-6-4-3-5-7-19/h3-8,10,12,17,20-21H,9,11,13-14H2,1-2H3,(H,26,29). The van der Waals surface area contributed by atoms with Crippen LogP contribution in [0.1, 0.15) is 30.4 Å². The quantitative estimate of drug-likeness (QED) is 0.643. The average molecular weight is 484 g/mol. The maximum absolute atomic E-state index is 13.4. The molecule has 2 aromatic carbocycles. The lowest BCUT2D eigenvalue weighted by Gasteiger charge is -2.47. The molecule has 1 saturated heterocycles. The van der Waals surface area contributed by atoms with E-state index in [1.807, 2.05) is 38.1 Å². The number of halogens is 1. The van der Waals surface area contributed by atoms with Gasteiger partial charge in [-0.1, -0.05) is 40.2 Å². The van der Waals surface area contributed by atoms with Gasteiger partial charge in [-0.2, -0.15) is 0 Å². The van der Waals surface area contributed by atoms with Crippen molar-refractivity contribution in [2.24, 2.45) is 5.92 Å². The fourth-order valence-corrected chi connectivity index (χ4v) is 5.11. The molecule has 2 aliphatic rings. The van der Waals surface area contributed by atoms with E-state index in [9.17, 15) is 14.4 Å². The van der Waals surface area contributed by atoms with Gasteiger partial charge >= 0.3 is 6.03 Å². The van der Waals surface area contributed by atoms with Crippen molar-refractivity contribution in [3.05, 3.63) is 59.7 Å². The monoisotopic (exact) mass is 483 g/mol. The first-order valence-electron chi connectivity index (χ1n) is 10.6. The van der Waals surface area contributed by atoms with Gasteiger partial charge in [0.15, 0.2) is 0 Å². The van der Waals surface area contributed by atoms with E-state index in [0.29, 0.717) is 24.2 Å². The highest BCUT2D eigenvalue weighted by Crippen LogP contribution is 2.38. The Morgan fingerprint density at radius 3 is 2.52 bits per heavy atom. The van der Waals surface area contributed by atoms with Gasteiger partial charge in [0.2, 0.25) is 11.8 Å². The second-order valence-corrected chi connectivity index (χ2v) is 9.65. The van der Waals surface area contributed by atoms with Crippen LogP contribution in [-0.2, 0) is 9.59 Å². The molecule has 4 rings (SSSR count). The van der Waals surface area contributed by atoms with E-state index in [2.05, 4.69) is 21.2 Å². The van der Waals surface area contributed by atoms with E-state index >= 15 is 0 Å². The number of para-hydroxylation sites is 1. The Morgan fingerprint density at radius 2 is 1.81 bits per heavy atom. The molecular weight excluding hydrogens is 458 g/mol. The summed E-state index contributed by atoms with van der Waals surface area (Å²) in [6.45, 7) is 3.92. The van der Waals surface area contributed by atoms with Crippen LogP contribution in [0.3, 0.4) is 0 Å². The number of anilines is 2. The molecule has 0 aromatic heterocycles. The van der Waals surface area contributed by atoms with Gasteiger partial charge in [-0.25, -0.2) is 9.69 Å². The second-order valence-electron chi connectivity index (χ2n) is 8.35. The normalized spacial score (nSPS) is 23.5. The molecule has 2 aromatic rings. The fraction of sp³-hybridized carbons (Fsp3) is 0.375. The highest BCUT2D eigenvalue weighted by molar-refractivity contribution is 9.09. The van der Waals surface area contributed by atoms with Gasteiger partial charge in [-0.05, 0) is 68.5 Å². The SMILES string of the molecule is Cc1ccc(NC(=O)CN2C(=O)N(c3ccccc3)C(=O)C3CC(Br)CCC32)cc1C. The number of rotatable bonds is 4. The number of imide groups is 1. The molecule has 2 fully saturated rings. The Morgan fingerprint density at radius 1 is 1.06 bits per heavy atom. The van der Waals surface area contributed by atoms with Crippen molar-refractivity contribution in [1.29, 1.82) is 0 Å². The van der Waals surface area contributed by atoms with Gasteiger partial charge in [0.05, 0.1) is 11.6 Å². The van der Waals surface area contributed by atoms with E-state index in [4.69, 9.17) is 0 Å². The van der Waals surface area contributed by atoms with Gasteiger partial charge in [0, 0.05) is 16.6 Å². The number of hydrogen-bond donors (Lipinski definition) is 1. The summed E-state index contributed by atoms with van der Waals surface area (Å²) < 4.78 is 0. The van der Waals surface area contributed by atoms with Crippen molar-refractivity contribution >= 4 is 45.2 Å². The Balaban J connectivity index is 1.59. The molecule has 31 heavy (non-hydrogen) atoms. The number of nitrogens with zero attached hydrogens (tertiary/aromatic N) is 2. The number of nitrogens with one attached hydrogen (secondary N) is 1. The number of fused-ring (bicyclic) bond motifs is 1. The lowest BCUT2D eigenvalue weighted by molar-refractivity contribution is -0.128. The summed E-state index contributed by atoms with van der Waals surface area (Å²) in [5.74, 6) is -0.778. The van der Waals surface area contributed by atoms with E-state index < -0.39 is 6.03 Å². The zero-order valence-corrected chi connectivity index (χ0v) is 19.3. The third-order valence-electron chi connectivity index (χ3n) is 6.24. The lowest BCUT2D eigenvalue weighted by atomic mass is 9.81. The Labute approximate surface area is 190 Å². The highest BCUT2D eigenvalue weighted by atomic mass is 79.9. The molecule has 162 valence electrons. The number of urea groups is 1. The topological polar surface area (TPSA) is 69.7 Å². The van der Waals surface area contributed by atoms with Crippen molar-refractivity contribution < 1.29 is 14.4 Å². The number of carbonyl (C=O) groups is 3. The maximum atomic E-state index is 13.4. The third-order valence-corrected chi connectivity index (χ3v) is 7.08. The van der Waals surface area contributed by atoms with E-state index in [1.165, 1.54) is 4.90 Å². The molecule has 1 aliphatic carbocycles. The van der Waals surface area contributed by atoms with Crippen LogP contribution in [0, 0.1) is 19.8 Å². The first-order chi connectivity index (χ1) is 14.8. The number of amides is 4. The zero-order chi connectivity index (χ0) is 22.1. The fourth-order valence-electron chi connectivity index (χ4n) is 4.45. The van der Waals surface area contributed by atoms with Crippen molar-refractivity contribution in [3.8, 4) is 0 Å². The summed E-state index contributed by atoms with van der Waals surface area (Å²) in [5.41, 5.74) is 3.47. The summed E-state index contributed by atoms with van der Waals surface area (Å²) in [6.07, 6.45) is 2.20. The number of benzene rings is 2. The van der Waals surface area contributed by atoms with Crippen LogP contribution >= 0.6 is 15.9 Å². The minimum absolute atomic E-state index is 0.0868. The molecule has 0 radical (unpaired) electrons. The van der Waals surface area contributed by atoms with Crippen LogP contribution in [0.5, 0.6) is 0 Å². The van der Waals surface area contributed by atoms with Crippen molar-refractivity contribution in [2.75, 3.05) is 16.8 Å². The Bertz CT molecular complexity index is 1010. The molecule has 7 heteroatoms. The predicted molar refractivity (Wildman–Crippen MR) is 124 cm³/mol. The molecule has 3 atom stereocenters. The van der Waals surface area contributed by atoms with Gasteiger partial charge < -0.3 is 10.2 Å². The van der Waals surface area contributed by atoms with E-state index in [-0.39, 0.29) is 35.1 Å². The summed E-state index contributed by atoms with van der Waals surface area (Å²) in [6, 6.07) is 14.0. The summed E-state index contributed by atoms with van der Waals surface area (Å²) in [5, 5.41) is 2.90. The lowest BCUT2D eigenvalue weighted by Crippen LogP contribution is -2.64. The summed E-state index contributed by atoms with van der Waals surface area (Å²) in [7, 11) is 0. The van der Waals surface area contributed by atoms with Crippen LogP contribution in [0.4, 0.5) is 16.2 Å². The molecule has 1 heterocycles. The van der Waals surface area contributed by atoms with Gasteiger partial charge in [-0.15, -0.1) is 0 Å². The molecule has 3 unspecified atom stereocenters. The van der Waals surface area contributed by atoms with Gasteiger partial charge in [0.1, 0.15) is 6.54 Å². The highest BCUT2D eigenvalue weighted by Gasteiger charge is 2.49. The minimum Gasteiger partial charge on any atom is -0.325 e. The Kier molecular flexibility index (Phi) is 6.14. The number of carbonyl (C=O) groups excluding carboxylic acids is 3. The van der Waals surface area contributed by atoms with Crippen molar-refractivity contribution in [3.63, 3.8) is 0 Å². The van der Waals surface area contributed by atoms with Crippen LogP contribution in [0.2, 0.25) is 0 Å².